The van der Waals surface area contributed by atoms with Gasteiger partial charge in [-0.1, -0.05) is 48.8 Å². The Labute approximate surface area is 189 Å². The number of thioether (sulfide) groups is 1. The minimum atomic E-state index is -0.580. The normalized spacial score (nSPS) is 14.9. The van der Waals surface area contributed by atoms with Gasteiger partial charge in [-0.05, 0) is 19.8 Å². The Morgan fingerprint density at radius 1 is 1.27 bits per heavy atom. The summed E-state index contributed by atoms with van der Waals surface area (Å²) in [5.41, 5.74) is 6.58. The molecular weight excluding hydrogens is 447 g/mol. The van der Waals surface area contributed by atoms with Crippen LogP contribution in [-0.2, 0) is 0 Å². The molecule has 2 aromatic rings. The highest BCUT2D eigenvalue weighted by atomic mass is 35.5. The van der Waals surface area contributed by atoms with Gasteiger partial charge in [0.15, 0.2) is 5.16 Å². The number of amides is 2. The molecule has 1 aliphatic rings. The summed E-state index contributed by atoms with van der Waals surface area (Å²) in [6.07, 6.45) is 1.44. The predicted molar refractivity (Wildman–Crippen MR) is 120 cm³/mol. The second-order valence-corrected chi connectivity index (χ2v) is 9.71. The molecule has 0 aliphatic carbocycles. The summed E-state index contributed by atoms with van der Waals surface area (Å²) in [6.45, 7) is 7.17. The van der Waals surface area contributed by atoms with Crippen LogP contribution in [0.3, 0.4) is 0 Å². The van der Waals surface area contributed by atoms with Crippen LogP contribution >= 0.6 is 35.0 Å². The fourth-order valence-electron chi connectivity index (χ4n) is 3.20. The summed E-state index contributed by atoms with van der Waals surface area (Å²) in [7, 11) is 0. The molecule has 4 N–H and O–H groups in total. The zero-order chi connectivity index (χ0) is 22.0. The largest absolute Gasteiger partial charge is 0.364 e. The van der Waals surface area contributed by atoms with Crippen LogP contribution < -0.4 is 16.0 Å². The Balaban J connectivity index is 1.66. The van der Waals surface area contributed by atoms with Gasteiger partial charge < -0.3 is 20.9 Å². The zero-order valence-corrected chi connectivity index (χ0v) is 19.3. The Morgan fingerprint density at radius 3 is 2.47 bits per heavy atom. The van der Waals surface area contributed by atoms with Gasteiger partial charge in [-0.3, -0.25) is 9.59 Å². The number of rotatable bonds is 6. The van der Waals surface area contributed by atoms with Crippen molar-refractivity contribution in [3.63, 3.8) is 0 Å². The Hall–Kier alpha value is -1.97. The molecule has 0 bridgehead atoms. The number of hydrogen-bond donors (Lipinski definition) is 3. The number of halogens is 2. The number of hydrogen-bond acceptors (Lipinski definition) is 6. The first-order valence-electron chi connectivity index (χ1n) is 9.60. The van der Waals surface area contributed by atoms with Crippen molar-refractivity contribution in [3.05, 3.63) is 33.2 Å². The highest BCUT2D eigenvalue weighted by molar-refractivity contribution is 7.99. The Kier molecular flexibility index (Phi) is 7.15. The van der Waals surface area contributed by atoms with Crippen LogP contribution in [0.2, 0.25) is 10.0 Å². The van der Waals surface area contributed by atoms with Gasteiger partial charge in [0.05, 0.1) is 10.0 Å². The number of aromatic amines is 1. The van der Waals surface area contributed by atoms with Crippen molar-refractivity contribution in [2.24, 2.45) is 5.73 Å². The smallest absolute Gasteiger partial charge is 0.269 e. The molecule has 3 rings (SSSR count). The molecule has 162 valence electrons. The number of aryl methyl sites for hydroxylation is 1. The summed E-state index contributed by atoms with van der Waals surface area (Å²) in [6, 6.07) is 1.61. The van der Waals surface area contributed by atoms with E-state index in [2.05, 4.69) is 25.2 Å². The Morgan fingerprint density at radius 2 is 1.93 bits per heavy atom. The first-order chi connectivity index (χ1) is 14.2. The topological polar surface area (TPSA) is 117 Å². The highest BCUT2D eigenvalue weighted by Gasteiger charge is 2.25. The number of aromatic nitrogens is 3. The fraction of sp³-hybridized carbons (Fsp3) is 0.474. The van der Waals surface area contributed by atoms with Gasteiger partial charge in [-0.15, -0.1) is 0 Å². The molecule has 0 saturated carbocycles. The van der Waals surface area contributed by atoms with Crippen molar-refractivity contribution >= 4 is 52.6 Å². The molecule has 30 heavy (non-hydrogen) atoms. The minimum absolute atomic E-state index is 0.00541. The van der Waals surface area contributed by atoms with Crippen LogP contribution in [0.1, 0.15) is 53.4 Å². The van der Waals surface area contributed by atoms with Gasteiger partial charge in [0, 0.05) is 36.1 Å². The lowest BCUT2D eigenvalue weighted by Gasteiger charge is -2.33. The molecular formula is C19H24Cl2N6O2S. The molecule has 1 aliphatic heterocycles. The van der Waals surface area contributed by atoms with Crippen molar-refractivity contribution in [1.29, 1.82) is 0 Å². The Bertz CT molecular complexity index is 957. The van der Waals surface area contributed by atoms with Crippen LogP contribution in [0.5, 0.6) is 0 Å². The molecule has 11 heteroatoms. The monoisotopic (exact) mass is 470 g/mol. The molecule has 1 saturated heterocycles. The average molecular weight is 471 g/mol. The molecule has 0 atom stereocenters. The van der Waals surface area contributed by atoms with Crippen molar-refractivity contribution in [3.8, 4) is 0 Å². The van der Waals surface area contributed by atoms with E-state index in [1.165, 1.54) is 11.8 Å². The number of nitrogens with two attached hydrogens (primary N) is 1. The summed E-state index contributed by atoms with van der Waals surface area (Å²) in [4.78, 5) is 38.0. The summed E-state index contributed by atoms with van der Waals surface area (Å²) in [5.74, 6) is -0.188. The van der Waals surface area contributed by atoms with Crippen LogP contribution in [0.25, 0.3) is 0 Å². The molecule has 2 amide bonds. The standard InChI is InChI=1S/C19H24Cl2N6O2S/c1-9(2)30-19-25-12(17(22)28)8-13(26-19)27-6-4-11(5-7-27)24-18(29)16-15(21)14(20)10(3)23-16/h8-9,11,23H,4-7H2,1-3H3,(H2,22,28)(H,24,29). The van der Waals surface area contributed by atoms with E-state index in [1.807, 2.05) is 13.8 Å². The first-order valence-corrected chi connectivity index (χ1v) is 11.2. The molecule has 8 nitrogen and oxygen atoms in total. The van der Waals surface area contributed by atoms with E-state index in [-0.39, 0.29) is 33.6 Å². The van der Waals surface area contributed by atoms with E-state index < -0.39 is 5.91 Å². The van der Waals surface area contributed by atoms with Crippen LogP contribution in [-0.4, -0.2) is 51.1 Å². The second-order valence-electron chi connectivity index (χ2n) is 7.41. The fourth-order valence-corrected chi connectivity index (χ4v) is 4.34. The third kappa shape index (κ3) is 5.19. The number of H-pyrrole nitrogens is 1. The number of carbonyl (C=O) groups is 2. The average Bonchev–Trinajstić information content (AvgIpc) is 2.95. The van der Waals surface area contributed by atoms with Gasteiger partial charge in [0.1, 0.15) is 17.2 Å². The predicted octanol–water partition coefficient (Wildman–Crippen LogP) is 3.42. The minimum Gasteiger partial charge on any atom is -0.364 e. The van der Waals surface area contributed by atoms with Gasteiger partial charge in [0.2, 0.25) is 0 Å². The number of piperidine rings is 1. The first kappa shape index (κ1) is 22.7. The maximum atomic E-state index is 12.5. The molecule has 3 heterocycles. The van der Waals surface area contributed by atoms with Crippen molar-refractivity contribution < 1.29 is 9.59 Å². The van der Waals surface area contributed by atoms with Crippen LogP contribution in [0, 0.1) is 6.92 Å². The van der Waals surface area contributed by atoms with Crippen molar-refractivity contribution in [2.45, 2.75) is 50.1 Å². The summed E-state index contributed by atoms with van der Waals surface area (Å²) >= 11 is 13.7. The van der Waals surface area contributed by atoms with Gasteiger partial charge in [0.25, 0.3) is 11.8 Å². The van der Waals surface area contributed by atoms with Crippen LogP contribution in [0.4, 0.5) is 5.82 Å². The quantitative estimate of drug-likeness (QED) is 0.439. The van der Waals surface area contributed by atoms with Crippen LogP contribution in [0.15, 0.2) is 11.2 Å². The zero-order valence-electron chi connectivity index (χ0n) is 17.0. The number of anilines is 1. The molecule has 0 spiro atoms. The second kappa shape index (κ2) is 9.45. The van der Waals surface area contributed by atoms with Gasteiger partial charge >= 0.3 is 0 Å². The molecule has 2 aromatic heterocycles. The number of nitrogens with one attached hydrogen (secondary N) is 2. The maximum Gasteiger partial charge on any atom is 0.269 e. The molecule has 0 radical (unpaired) electrons. The lowest BCUT2D eigenvalue weighted by molar-refractivity contribution is 0.0925. The summed E-state index contributed by atoms with van der Waals surface area (Å²) < 4.78 is 0. The van der Waals surface area contributed by atoms with Crippen molar-refractivity contribution in [1.82, 2.24) is 20.3 Å². The van der Waals surface area contributed by atoms with E-state index in [1.54, 1.807) is 13.0 Å². The lowest BCUT2D eigenvalue weighted by Crippen LogP contribution is -2.45. The number of carbonyl (C=O) groups excluding carboxylic acids is 2. The highest BCUT2D eigenvalue weighted by Crippen LogP contribution is 2.29. The summed E-state index contributed by atoms with van der Waals surface area (Å²) in [5, 5.41) is 4.41. The van der Waals surface area contributed by atoms with E-state index in [0.29, 0.717) is 34.8 Å². The molecule has 0 unspecified atom stereocenters. The SMILES string of the molecule is Cc1[nH]c(C(=O)NC2CCN(c3cc(C(N)=O)nc(SC(C)C)n3)CC2)c(Cl)c1Cl. The molecule has 1 fully saturated rings. The van der Waals surface area contributed by atoms with E-state index in [4.69, 9.17) is 28.9 Å². The molecule has 0 aromatic carbocycles. The van der Waals surface area contributed by atoms with Gasteiger partial charge in [-0.2, -0.15) is 0 Å². The van der Waals surface area contributed by atoms with E-state index >= 15 is 0 Å². The third-order valence-corrected chi connectivity index (χ3v) is 6.53. The van der Waals surface area contributed by atoms with E-state index in [0.717, 1.165) is 12.8 Å². The maximum absolute atomic E-state index is 12.5. The van der Waals surface area contributed by atoms with Gasteiger partial charge in [-0.25, -0.2) is 9.97 Å². The number of primary amides is 1. The third-order valence-electron chi connectivity index (χ3n) is 4.72. The number of nitrogens with zero attached hydrogens (tertiary/aromatic N) is 3. The van der Waals surface area contributed by atoms with Crippen molar-refractivity contribution in [2.75, 3.05) is 18.0 Å². The lowest BCUT2D eigenvalue weighted by atomic mass is 10.0. The van der Waals surface area contributed by atoms with E-state index in [9.17, 15) is 9.59 Å².